The fourth-order valence-corrected chi connectivity index (χ4v) is 6.97. The Balaban J connectivity index is 1.59. The topological polar surface area (TPSA) is 170 Å². The van der Waals surface area contributed by atoms with Gasteiger partial charge in [-0.3, -0.25) is 28.9 Å². The largest absolute Gasteiger partial charge is 0.507 e. The van der Waals surface area contributed by atoms with Crippen LogP contribution in [0.5, 0.6) is 5.75 Å². The number of nitrogens with one attached hydrogen (secondary N) is 1. The van der Waals surface area contributed by atoms with Gasteiger partial charge in [0.1, 0.15) is 5.75 Å². The van der Waals surface area contributed by atoms with Gasteiger partial charge in [0.25, 0.3) is 0 Å². The summed E-state index contributed by atoms with van der Waals surface area (Å²) in [5.41, 5.74) is 4.52. The Morgan fingerprint density at radius 3 is 2.36 bits per heavy atom. The number of phenolic OH excluding ortho intramolecular Hbond substituents is 1. The first-order chi connectivity index (χ1) is 18.3. The Labute approximate surface area is 226 Å². The highest BCUT2D eigenvalue weighted by atomic mass is 16.3. The van der Waals surface area contributed by atoms with Gasteiger partial charge in [-0.05, 0) is 69.8 Å². The number of primary amides is 1. The van der Waals surface area contributed by atoms with E-state index >= 15 is 0 Å². The third kappa shape index (κ3) is 4.09. The van der Waals surface area contributed by atoms with E-state index in [0.29, 0.717) is 23.6 Å². The molecule has 2 unspecified atom stereocenters. The number of aliphatic hydroxyl groups is 1. The molecule has 210 valence electrons. The van der Waals surface area contributed by atoms with Crippen molar-refractivity contribution in [3.05, 3.63) is 22.8 Å². The van der Waals surface area contributed by atoms with Gasteiger partial charge < -0.3 is 26.2 Å². The maximum atomic E-state index is 14.0. The summed E-state index contributed by atoms with van der Waals surface area (Å²) >= 11 is 0. The van der Waals surface area contributed by atoms with Gasteiger partial charge in [0.05, 0.1) is 17.5 Å². The second-order valence-corrected chi connectivity index (χ2v) is 12.0. The first kappa shape index (κ1) is 27.4. The number of nitrogens with zero attached hydrogens (tertiary/aromatic N) is 2. The molecule has 1 aromatic rings. The van der Waals surface area contributed by atoms with Gasteiger partial charge in [-0.2, -0.15) is 0 Å². The minimum atomic E-state index is -2.72. The number of ketones is 4. The summed E-state index contributed by atoms with van der Waals surface area (Å²) in [5, 5.41) is 26.3. The lowest BCUT2D eigenvalue weighted by Gasteiger charge is -2.52. The minimum absolute atomic E-state index is 0.0241. The molecule has 0 aromatic heterocycles. The molecule has 4 aliphatic rings. The molecule has 5 rings (SSSR count). The maximum absolute atomic E-state index is 14.0. The number of phenols is 1. The number of rotatable bonds is 7. The van der Waals surface area contributed by atoms with Crippen LogP contribution in [0.1, 0.15) is 40.7 Å². The molecule has 1 aromatic carbocycles. The summed E-state index contributed by atoms with van der Waals surface area (Å²) in [5.74, 6) is -9.68. The number of hydrogen-bond donors (Lipinski definition) is 4. The van der Waals surface area contributed by atoms with Crippen LogP contribution in [-0.2, 0) is 32.1 Å². The molecular weight excluding hydrogens is 504 g/mol. The summed E-state index contributed by atoms with van der Waals surface area (Å²) in [4.78, 5) is 70.0. The van der Waals surface area contributed by atoms with Crippen molar-refractivity contribution < 1.29 is 34.2 Å². The summed E-state index contributed by atoms with van der Waals surface area (Å²) in [6.45, 7) is 1.14. The van der Waals surface area contributed by atoms with Crippen molar-refractivity contribution in [3.63, 3.8) is 0 Å². The van der Waals surface area contributed by atoms with Gasteiger partial charge in [0.2, 0.25) is 5.91 Å². The smallest absolute Gasteiger partial charge is 0.235 e. The first-order valence-electron chi connectivity index (χ1n) is 13.4. The molecule has 0 bridgehead atoms. The number of amides is 1. The normalized spacial score (nSPS) is 32.1. The van der Waals surface area contributed by atoms with Crippen molar-refractivity contribution in [2.45, 2.75) is 43.9 Å². The number of hydrogen-bond acceptors (Lipinski definition) is 10. The molecule has 0 heterocycles. The lowest BCUT2D eigenvalue weighted by molar-refractivity contribution is -0.181. The molecule has 39 heavy (non-hydrogen) atoms. The van der Waals surface area contributed by atoms with E-state index in [1.165, 1.54) is 4.90 Å². The van der Waals surface area contributed by atoms with Gasteiger partial charge in [-0.15, -0.1) is 0 Å². The number of anilines is 1. The van der Waals surface area contributed by atoms with Crippen LogP contribution in [0.25, 0.3) is 0 Å². The number of benzene rings is 1. The van der Waals surface area contributed by atoms with Crippen LogP contribution in [0, 0.1) is 29.6 Å². The Hall–Kier alpha value is -3.15. The number of carbonyl (C=O) groups is 5. The van der Waals surface area contributed by atoms with Crippen molar-refractivity contribution in [3.8, 4) is 5.75 Å². The number of Topliss-reactive ketones (excluding diaryl/α,β-unsaturated/α-hetero) is 4. The van der Waals surface area contributed by atoms with Gasteiger partial charge in [0, 0.05) is 37.8 Å². The van der Waals surface area contributed by atoms with E-state index in [1.807, 2.05) is 25.1 Å². The first-order valence-corrected chi connectivity index (χ1v) is 13.4. The van der Waals surface area contributed by atoms with E-state index in [-0.39, 0.29) is 24.2 Å². The predicted molar refractivity (Wildman–Crippen MR) is 140 cm³/mol. The molecule has 4 aliphatic carbocycles. The van der Waals surface area contributed by atoms with Gasteiger partial charge in [0.15, 0.2) is 34.7 Å². The SMILES string of the molecule is CN(C)c1cc(CNCC2CC2)c(O)c2c1C[C@H]1C[C@H]3[C@@H](N(C)C)C(=O)C(C(N)=O)C(=O)[C@@]3(O)C(=O)C1C2=O. The minimum Gasteiger partial charge on any atom is -0.507 e. The standard InChI is InChI=1S/C28H36N4O7/c1-31(2)17-9-14(11-30-10-12-5-6-12)22(33)19-15(17)7-13-8-16-21(32(3)4)24(35)20(27(29)38)26(37)28(16,39)25(36)18(13)23(19)34/h9,12-13,16,18,20-21,30,33,39H,5-8,10-11H2,1-4H3,(H2,29,38)/t13-,16-,18?,20?,21+,28-/m0/s1. The zero-order chi connectivity index (χ0) is 28.5. The van der Waals surface area contributed by atoms with E-state index in [0.717, 1.165) is 25.1 Å². The average molecular weight is 541 g/mol. The monoisotopic (exact) mass is 540 g/mol. The third-order valence-corrected chi connectivity index (χ3v) is 9.04. The highest BCUT2D eigenvalue weighted by Crippen LogP contribution is 2.52. The summed E-state index contributed by atoms with van der Waals surface area (Å²) in [6, 6.07) is 0.726. The number of nitrogens with two attached hydrogens (primary N) is 1. The Morgan fingerprint density at radius 1 is 1.13 bits per heavy atom. The zero-order valence-electron chi connectivity index (χ0n) is 22.7. The second-order valence-electron chi connectivity index (χ2n) is 12.0. The lowest BCUT2D eigenvalue weighted by Crippen LogP contribution is -2.74. The van der Waals surface area contributed by atoms with E-state index in [4.69, 9.17) is 5.73 Å². The van der Waals surface area contributed by atoms with E-state index in [9.17, 15) is 34.2 Å². The molecule has 3 saturated carbocycles. The summed E-state index contributed by atoms with van der Waals surface area (Å²) in [6.07, 6.45) is 2.59. The summed E-state index contributed by atoms with van der Waals surface area (Å²) in [7, 11) is 6.80. The predicted octanol–water partition coefficient (Wildman–Crippen LogP) is -0.567. The Bertz CT molecular complexity index is 1290. The highest BCUT2D eigenvalue weighted by Gasteiger charge is 2.69. The van der Waals surface area contributed by atoms with Crippen LogP contribution < -0.4 is 16.0 Å². The van der Waals surface area contributed by atoms with Crippen LogP contribution in [0.2, 0.25) is 0 Å². The van der Waals surface area contributed by atoms with Crippen LogP contribution in [0.4, 0.5) is 5.69 Å². The number of aromatic hydroxyl groups is 1. The lowest BCUT2D eigenvalue weighted by atomic mass is 9.52. The van der Waals surface area contributed by atoms with Crippen LogP contribution in [0.3, 0.4) is 0 Å². The fourth-order valence-electron chi connectivity index (χ4n) is 6.97. The van der Waals surface area contributed by atoms with Crippen molar-refractivity contribution in [1.82, 2.24) is 10.2 Å². The maximum Gasteiger partial charge on any atom is 0.235 e. The van der Waals surface area contributed by atoms with Crippen LogP contribution in [0.15, 0.2) is 6.07 Å². The van der Waals surface area contributed by atoms with E-state index in [2.05, 4.69) is 5.32 Å². The molecule has 11 heteroatoms. The number of carbonyl (C=O) groups excluding carboxylic acids is 5. The molecule has 6 atom stereocenters. The Kier molecular flexibility index (Phi) is 6.68. The van der Waals surface area contributed by atoms with Crippen molar-refractivity contribution in [1.29, 1.82) is 0 Å². The van der Waals surface area contributed by atoms with Gasteiger partial charge in [-0.25, -0.2) is 0 Å². The fraction of sp³-hybridized carbons (Fsp3) is 0.607. The zero-order valence-corrected chi connectivity index (χ0v) is 22.7. The number of fused-ring (bicyclic) bond motifs is 3. The molecule has 0 radical (unpaired) electrons. The molecule has 1 amide bonds. The molecule has 0 saturated heterocycles. The molecular formula is C28H36N4O7. The Morgan fingerprint density at radius 2 is 1.79 bits per heavy atom. The molecule has 5 N–H and O–H groups in total. The highest BCUT2D eigenvalue weighted by molar-refractivity contribution is 6.32. The number of likely N-dealkylation sites (N-methyl/N-ethyl adjacent to an activating group) is 1. The average Bonchev–Trinajstić information content (AvgIpc) is 3.66. The quantitative estimate of drug-likeness (QED) is 0.329. The summed E-state index contributed by atoms with van der Waals surface area (Å²) < 4.78 is 0. The molecule has 0 aliphatic heterocycles. The molecule has 11 nitrogen and oxygen atoms in total. The van der Waals surface area contributed by atoms with Crippen LogP contribution in [-0.4, -0.2) is 90.5 Å². The molecule has 3 fully saturated rings. The van der Waals surface area contributed by atoms with Crippen LogP contribution >= 0.6 is 0 Å². The van der Waals surface area contributed by atoms with Crippen molar-refractivity contribution in [2.24, 2.45) is 35.3 Å². The van der Waals surface area contributed by atoms with E-state index < -0.39 is 64.4 Å². The molecule has 0 spiro atoms. The van der Waals surface area contributed by atoms with Gasteiger partial charge >= 0.3 is 0 Å². The van der Waals surface area contributed by atoms with E-state index in [1.54, 1.807) is 14.1 Å². The third-order valence-electron chi connectivity index (χ3n) is 9.04. The van der Waals surface area contributed by atoms with Gasteiger partial charge in [-0.1, -0.05) is 0 Å². The van der Waals surface area contributed by atoms with Crippen molar-refractivity contribution in [2.75, 3.05) is 39.6 Å². The second kappa shape index (κ2) is 9.50. The van der Waals surface area contributed by atoms with Crippen molar-refractivity contribution >= 4 is 34.7 Å².